The van der Waals surface area contributed by atoms with Crippen LogP contribution in [0.2, 0.25) is 0 Å². The molecule has 0 saturated carbocycles. The molecule has 230 valence electrons. The number of benzene rings is 2. The van der Waals surface area contributed by atoms with Gasteiger partial charge in [-0.3, -0.25) is 9.36 Å². The minimum Gasteiger partial charge on any atom is -0.479 e. The van der Waals surface area contributed by atoms with Gasteiger partial charge in [-0.15, -0.1) is 0 Å². The highest BCUT2D eigenvalue weighted by Crippen LogP contribution is 2.30. The van der Waals surface area contributed by atoms with Crippen LogP contribution in [0.15, 0.2) is 41.2 Å². The summed E-state index contributed by atoms with van der Waals surface area (Å²) in [4.78, 5) is 45.0. The fraction of sp³-hybridized carbons (Fsp3) is 0.448. The molecule has 2 aromatic carbocycles. The number of aliphatic hydroxyl groups excluding tert-OH is 3. The molecule has 0 spiro atoms. The number of hydrogen-bond acceptors (Lipinski definition) is 12. The first-order valence-electron chi connectivity index (χ1n) is 13.8. The molecule has 2 fully saturated rings. The van der Waals surface area contributed by atoms with E-state index in [9.17, 15) is 34.8 Å². The molecule has 0 amide bonds. The third kappa shape index (κ3) is 5.92. The molecule has 1 aromatic heterocycles. The summed E-state index contributed by atoms with van der Waals surface area (Å²) in [7, 11) is 1.69. The van der Waals surface area contributed by atoms with Crippen LogP contribution in [0.4, 0.5) is 11.6 Å². The van der Waals surface area contributed by atoms with Crippen LogP contribution in [-0.2, 0) is 26.1 Å². The number of aryl methyl sites for hydroxylation is 1. The van der Waals surface area contributed by atoms with Gasteiger partial charge in [0.05, 0.1) is 35.7 Å². The number of nitrogens with one attached hydrogen (secondary N) is 1. The molecule has 2 aliphatic heterocycles. The number of fused-ring (bicyclic) bond motifs is 1. The summed E-state index contributed by atoms with van der Waals surface area (Å²) in [5.74, 6) is -2.04. The van der Waals surface area contributed by atoms with E-state index in [-0.39, 0.29) is 11.1 Å². The summed E-state index contributed by atoms with van der Waals surface area (Å²) in [6, 6.07) is 9.63. The number of carboxylic acid groups (broad SMARTS) is 1. The Morgan fingerprint density at radius 3 is 2.49 bits per heavy atom. The van der Waals surface area contributed by atoms with Gasteiger partial charge in [-0.2, -0.15) is 0 Å². The van der Waals surface area contributed by atoms with Gasteiger partial charge < -0.3 is 44.9 Å². The van der Waals surface area contributed by atoms with Gasteiger partial charge in [0, 0.05) is 31.4 Å². The van der Waals surface area contributed by atoms with Crippen molar-refractivity contribution in [3.05, 3.63) is 63.4 Å². The molecule has 5 N–H and O–H groups in total. The Balaban J connectivity index is 1.44. The fourth-order valence-electron chi connectivity index (χ4n) is 5.33. The predicted octanol–water partition coefficient (Wildman–Crippen LogP) is 0.301. The summed E-state index contributed by atoms with van der Waals surface area (Å²) in [5.41, 5.74) is 2.27. The van der Waals surface area contributed by atoms with E-state index < -0.39 is 48.7 Å². The first-order chi connectivity index (χ1) is 20.5. The quantitative estimate of drug-likeness (QED) is 0.233. The number of hydrogen-bond donors (Lipinski definition) is 5. The topological polar surface area (TPSA) is 193 Å². The van der Waals surface area contributed by atoms with Crippen molar-refractivity contribution in [1.29, 1.82) is 0 Å². The third-order valence-corrected chi connectivity index (χ3v) is 7.65. The molecule has 3 heterocycles. The molecule has 2 aliphatic rings. The summed E-state index contributed by atoms with van der Waals surface area (Å²) in [5, 5.41) is 43.3. The number of aliphatic carboxylic acids is 1. The van der Waals surface area contributed by atoms with Crippen molar-refractivity contribution in [3.63, 3.8) is 0 Å². The summed E-state index contributed by atoms with van der Waals surface area (Å²) < 4.78 is 17.3. The number of aromatic nitrogens is 2. The normalized spacial score (nSPS) is 24.9. The van der Waals surface area contributed by atoms with E-state index in [1.54, 1.807) is 31.3 Å². The van der Waals surface area contributed by atoms with Gasteiger partial charge in [0.1, 0.15) is 18.3 Å². The summed E-state index contributed by atoms with van der Waals surface area (Å²) in [6.07, 6.45) is -9.49. The van der Waals surface area contributed by atoms with Crippen molar-refractivity contribution in [1.82, 2.24) is 9.55 Å². The van der Waals surface area contributed by atoms with Crippen molar-refractivity contribution in [3.8, 4) is 0 Å². The molecule has 43 heavy (non-hydrogen) atoms. The Kier molecular flexibility index (Phi) is 8.66. The Hall–Kier alpha value is -4.08. The first kappa shape index (κ1) is 30.4. The van der Waals surface area contributed by atoms with E-state index in [1.165, 1.54) is 10.6 Å². The van der Waals surface area contributed by atoms with E-state index in [4.69, 9.17) is 19.2 Å². The van der Waals surface area contributed by atoms with Crippen LogP contribution in [0.25, 0.3) is 10.9 Å². The highest BCUT2D eigenvalue weighted by molar-refractivity contribution is 5.96. The van der Waals surface area contributed by atoms with Gasteiger partial charge in [-0.1, -0.05) is 18.2 Å². The molecular weight excluding hydrogens is 564 g/mol. The van der Waals surface area contributed by atoms with Crippen LogP contribution < -0.4 is 15.8 Å². The van der Waals surface area contributed by atoms with E-state index >= 15 is 0 Å². The number of ether oxygens (including phenoxy) is 3. The smallest absolute Gasteiger partial charge is 0.342 e. The van der Waals surface area contributed by atoms with Crippen LogP contribution in [0.5, 0.6) is 0 Å². The number of aliphatic hydroxyl groups is 3. The Morgan fingerprint density at radius 2 is 1.79 bits per heavy atom. The van der Waals surface area contributed by atoms with Gasteiger partial charge in [0.2, 0.25) is 12.2 Å². The third-order valence-electron chi connectivity index (χ3n) is 7.65. The Bertz CT molecular complexity index is 1590. The average molecular weight is 599 g/mol. The maximum absolute atomic E-state index is 13.4. The minimum atomic E-state index is -1.92. The van der Waals surface area contributed by atoms with E-state index in [1.807, 2.05) is 24.8 Å². The second-order valence-electron chi connectivity index (χ2n) is 10.7. The lowest BCUT2D eigenvalue weighted by atomic mass is 9.99. The number of esters is 1. The molecule has 6 atom stereocenters. The molecule has 14 nitrogen and oxygen atoms in total. The number of rotatable bonds is 7. The molecule has 14 heteroatoms. The van der Waals surface area contributed by atoms with E-state index in [0.717, 1.165) is 11.1 Å². The van der Waals surface area contributed by atoms with Gasteiger partial charge in [0.25, 0.3) is 5.56 Å². The molecule has 5 rings (SSSR count). The van der Waals surface area contributed by atoms with Gasteiger partial charge >= 0.3 is 11.9 Å². The highest BCUT2D eigenvalue weighted by atomic mass is 16.7. The standard InChI is InChI=1S/C29H34N4O10/c1-14-12-17(20-18(13-14)25(37)32(3)29(31-20)33-8-10-41-11-9-33)15(2)30-19-7-5-4-6-16(19)27(40)43-28-23(36)21(34)22(35)24(42-28)26(38)39/h4-7,12-13,15,21-24,28,30,34-36H,8-11H2,1-3H3,(H,38,39)/t15-,21+,22+,23-,24+,28+/m1/s1. The fourth-order valence-corrected chi connectivity index (χ4v) is 5.33. The monoisotopic (exact) mass is 598 g/mol. The first-order valence-corrected chi connectivity index (χ1v) is 13.8. The minimum absolute atomic E-state index is 0.0347. The SMILES string of the molecule is Cc1cc([C@@H](C)Nc2ccccc2C(=O)O[C@@H]2O[C@H](C(=O)O)[C@@H](O)[C@H](O)[C@H]2O)c2nc(N3CCOCC3)n(C)c(=O)c2c1. The number of carbonyl (C=O) groups excluding carboxylic acids is 1. The summed E-state index contributed by atoms with van der Waals surface area (Å²) in [6.45, 7) is 5.98. The highest BCUT2D eigenvalue weighted by Gasteiger charge is 2.48. The van der Waals surface area contributed by atoms with Crippen molar-refractivity contribution in [2.75, 3.05) is 36.5 Å². The van der Waals surface area contributed by atoms with Crippen molar-refractivity contribution in [2.45, 2.75) is 50.6 Å². The lowest BCUT2D eigenvalue weighted by Gasteiger charge is -2.38. The zero-order chi connectivity index (χ0) is 31.0. The zero-order valence-electron chi connectivity index (χ0n) is 23.8. The summed E-state index contributed by atoms with van der Waals surface area (Å²) >= 11 is 0. The molecular formula is C29H34N4O10. The van der Waals surface area contributed by atoms with Gasteiger partial charge in [-0.05, 0) is 37.6 Å². The zero-order valence-corrected chi connectivity index (χ0v) is 23.8. The average Bonchev–Trinajstić information content (AvgIpc) is 2.99. The van der Waals surface area contributed by atoms with Crippen LogP contribution >= 0.6 is 0 Å². The second kappa shape index (κ2) is 12.3. The van der Waals surface area contributed by atoms with Crippen molar-refractivity contribution < 1.29 is 44.2 Å². The Morgan fingerprint density at radius 1 is 1.09 bits per heavy atom. The number of carbonyl (C=O) groups is 2. The van der Waals surface area contributed by atoms with Crippen LogP contribution in [0.3, 0.4) is 0 Å². The number of anilines is 2. The van der Waals surface area contributed by atoms with Crippen LogP contribution in [0, 0.1) is 6.92 Å². The molecule has 0 unspecified atom stereocenters. The predicted molar refractivity (Wildman–Crippen MR) is 153 cm³/mol. The van der Waals surface area contributed by atoms with E-state index in [0.29, 0.717) is 48.8 Å². The lowest BCUT2D eigenvalue weighted by Crippen LogP contribution is -2.60. The number of carboxylic acids is 1. The number of nitrogens with zero attached hydrogens (tertiary/aromatic N) is 3. The van der Waals surface area contributed by atoms with Crippen molar-refractivity contribution >= 4 is 34.5 Å². The molecule has 0 radical (unpaired) electrons. The molecule has 0 aliphatic carbocycles. The Labute approximate surface area is 246 Å². The van der Waals surface area contributed by atoms with Crippen LogP contribution in [-0.4, -0.2) is 98.9 Å². The number of morpholine rings is 1. The maximum atomic E-state index is 13.4. The van der Waals surface area contributed by atoms with Crippen molar-refractivity contribution in [2.24, 2.45) is 7.05 Å². The molecule has 2 saturated heterocycles. The van der Waals surface area contributed by atoms with Gasteiger partial charge in [0.15, 0.2) is 6.10 Å². The largest absolute Gasteiger partial charge is 0.479 e. The molecule has 0 bridgehead atoms. The van der Waals surface area contributed by atoms with Gasteiger partial charge in [-0.25, -0.2) is 14.6 Å². The second-order valence-corrected chi connectivity index (χ2v) is 10.7. The maximum Gasteiger partial charge on any atom is 0.342 e. The van der Waals surface area contributed by atoms with Crippen LogP contribution in [0.1, 0.15) is 34.5 Å². The molecule has 3 aromatic rings. The number of para-hydroxylation sites is 1. The lowest BCUT2D eigenvalue weighted by molar-refractivity contribution is -0.278. The van der Waals surface area contributed by atoms with E-state index in [2.05, 4.69) is 5.32 Å².